The topological polar surface area (TPSA) is 6.48 Å². The zero-order valence-electron chi connectivity index (χ0n) is 38.9. The van der Waals surface area contributed by atoms with Gasteiger partial charge in [-0.2, -0.15) is 0 Å². The van der Waals surface area contributed by atoms with E-state index in [1.165, 1.54) is 302 Å². The summed E-state index contributed by atoms with van der Waals surface area (Å²) >= 11 is 0. The fraction of sp³-hybridized carbons (Fsp3) is 0.962. The maximum Gasteiger partial charge on any atom is 0.101 e. The fourth-order valence-corrected chi connectivity index (χ4v) is 9.19. The SMILES string of the molecule is CCCCCCCCCCCCCCCCCCCN1C=CN(CCCCCCCCCCCCCCCC)C1CCCCCCCCCCCCCCC. The van der Waals surface area contributed by atoms with Crippen LogP contribution in [0.2, 0.25) is 0 Å². The van der Waals surface area contributed by atoms with Gasteiger partial charge in [0, 0.05) is 25.5 Å². The van der Waals surface area contributed by atoms with E-state index in [0.717, 1.165) is 0 Å². The van der Waals surface area contributed by atoms with Gasteiger partial charge in [0.15, 0.2) is 0 Å². The van der Waals surface area contributed by atoms with Crippen LogP contribution >= 0.6 is 0 Å². The van der Waals surface area contributed by atoms with E-state index in [1.54, 1.807) is 0 Å². The molecular weight excluding hydrogens is 665 g/mol. The first-order valence-corrected chi connectivity index (χ1v) is 26.5. The van der Waals surface area contributed by atoms with Gasteiger partial charge in [0.05, 0.1) is 0 Å². The van der Waals surface area contributed by atoms with E-state index in [9.17, 15) is 0 Å². The second-order valence-corrected chi connectivity index (χ2v) is 18.5. The number of nitrogens with zero attached hydrogens (tertiary/aromatic N) is 2. The van der Waals surface area contributed by atoms with Crippen LogP contribution in [0.5, 0.6) is 0 Å². The number of unbranched alkanes of at least 4 members (excludes halogenated alkanes) is 41. The summed E-state index contributed by atoms with van der Waals surface area (Å²) in [5.74, 6) is 0. The minimum Gasteiger partial charge on any atom is -0.356 e. The van der Waals surface area contributed by atoms with Crippen LogP contribution in [0.3, 0.4) is 0 Å². The number of rotatable bonds is 47. The van der Waals surface area contributed by atoms with Gasteiger partial charge in [-0.1, -0.05) is 284 Å². The van der Waals surface area contributed by atoms with Gasteiger partial charge in [-0.15, -0.1) is 0 Å². The molecule has 0 aromatic carbocycles. The molecule has 0 spiro atoms. The molecule has 1 aliphatic rings. The van der Waals surface area contributed by atoms with Crippen LogP contribution in [0.15, 0.2) is 12.4 Å². The van der Waals surface area contributed by atoms with E-state index in [1.807, 2.05) is 0 Å². The second-order valence-electron chi connectivity index (χ2n) is 18.5. The van der Waals surface area contributed by atoms with Crippen molar-refractivity contribution >= 4 is 0 Å². The molecule has 1 rings (SSSR count). The molecule has 0 fully saturated rings. The first-order chi connectivity index (χ1) is 27.3. The van der Waals surface area contributed by atoms with Gasteiger partial charge < -0.3 is 9.80 Å². The standard InChI is InChI=1S/C53H106N2/c1-4-7-10-13-16-19-22-25-27-28-29-32-35-38-41-44-47-50-55-52-51-54(49-46-43-40-37-34-31-26-23-20-17-14-11-8-5-2)53(55)48-45-42-39-36-33-30-24-21-18-15-12-9-6-3/h51-53H,4-50H2,1-3H3. The highest BCUT2D eigenvalue weighted by molar-refractivity contribution is 4.97. The Labute approximate surface area is 350 Å². The third-order valence-electron chi connectivity index (χ3n) is 13.1. The molecule has 0 bridgehead atoms. The lowest BCUT2D eigenvalue weighted by Crippen LogP contribution is -2.39. The van der Waals surface area contributed by atoms with Gasteiger partial charge in [-0.3, -0.25) is 0 Å². The summed E-state index contributed by atoms with van der Waals surface area (Å²) in [5.41, 5.74) is 0. The summed E-state index contributed by atoms with van der Waals surface area (Å²) in [5, 5.41) is 0. The monoisotopic (exact) mass is 771 g/mol. The molecule has 1 unspecified atom stereocenters. The van der Waals surface area contributed by atoms with Crippen LogP contribution in [-0.4, -0.2) is 29.1 Å². The summed E-state index contributed by atoms with van der Waals surface area (Å²) in [4.78, 5) is 5.49. The summed E-state index contributed by atoms with van der Waals surface area (Å²) in [6.07, 6.45) is 70.8. The summed E-state index contributed by atoms with van der Waals surface area (Å²) in [7, 11) is 0. The summed E-state index contributed by atoms with van der Waals surface area (Å²) in [6, 6.07) is 0. The van der Waals surface area contributed by atoms with Crippen LogP contribution in [-0.2, 0) is 0 Å². The normalized spacial score (nSPS) is 14.3. The van der Waals surface area contributed by atoms with Crippen LogP contribution in [0, 0.1) is 0 Å². The Kier molecular flexibility index (Phi) is 42.3. The zero-order chi connectivity index (χ0) is 39.4. The Balaban J connectivity index is 2.18. The van der Waals surface area contributed by atoms with E-state index >= 15 is 0 Å². The predicted molar refractivity (Wildman–Crippen MR) is 251 cm³/mol. The van der Waals surface area contributed by atoms with Gasteiger partial charge >= 0.3 is 0 Å². The largest absolute Gasteiger partial charge is 0.356 e. The fourth-order valence-electron chi connectivity index (χ4n) is 9.19. The van der Waals surface area contributed by atoms with Gasteiger partial charge in [0.25, 0.3) is 0 Å². The van der Waals surface area contributed by atoms with Crippen molar-refractivity contribution in [2.75, 3.05) is 13.1 Å². The summed E-state index contributed by atoms with van der Waals surface area (Å²) < 4.78 is 0. The van der Waals surface area contributed by atoms with Crippen molar-refractivity contribution in [3.8, 4) is 0 Å². The van der Waals surface area contributed by atoms with Crippen molar-refractivity contribution in [1.29, 1.82) is 0 Å². The number of hydrogen-bond donors (Lipinski definition) is 0. The highest BCUT2D eigenvalue weighted by atomic mass is 15.4. The zero-order valence-corrected chi connectivity index (χ0v) is 38.9. The van der Waals surface area contributed by atoms with Crippen LogP contribution in [0.1, 0.15) is 310 Å². The van der Waals surface area contributed by atoms with E-state index in [4.69, 9.17) is 0 Å². The average molecular weight is 771 g/mol. The van der Waals surface area contributed by atoms with Crippen molar-refractivity contribution in [3.63, 3.8) is 0 Å². The van der Waals surface area contributed by atoms with E-state index in [-0.39, 0.29) is 0 Å². The van der Waals surface area contributed by atoms with Crippen LogP contribution < -0.4 is 0 Å². The lowest BCUT2D eigenvalue weighted by molar-refractivity contribution is 0.135. The van der Waals surface area contributed by atoms with Crippen molar-refractivity contribution in [3.05, 3.63) is 12.4 Å². The molecule has 0 amide bonds. The molecule has 55 heavy (non-hydrogen) atoms. The maximum absolute atomic E-state index is 2.75. The van der Waals surface area contributed by atoms with E-state index < -0.39 is 0 Å². The van der Waals surface area contributed by atoms with Crippen molar-refractivity contribution in [1.82, 2.24) is 9.80 Å². The Morgan fingerprint density at radius 2 is 0.418 bits per heavy atom. The third-order valence-corrected chi connectivity index (χ3v) is 13.1. The average Bonchev–Trinajstić information content (AvgIpc) is 3.58. The third kappa shape index (κ3) is 36.2. The van der Waals surface area contributed by atoms with Crippen LogP contribution in [0.25, 0.3) is 0 Å². The number of hydrogen-bond acceptors (Lipinski definition) is 2. The molecule has 0 aromatic heterocycles. The Bertz CT molecular complexity index is 732. The molecule has 0 aliphatic carbocycles. The highest BCUT2D eigenvalue weighted by Gasteiger charge is 2.25. The Morgan fingerprint density at radius 1 is 0.236 bits per heavy atom. The summed E-state index contributed by atoms with van der Waals surface area (Å²) in [6.45, 7) is 9.50. The Morgan fingerprint density at radius 3 is 0.636 bits per heavy atom. The molecule has 2 nitrogen and oxygen atoms in total. The molecule has 0 saturated heterocycles. The minimum atomic E-state index is 0.635. The van der Waals surface area contributed by atoms with Gasteiger partial charge in [-0.05, 0) is 25.7 Å². The molecule has 2 heteroatoms. The predicted octanol–water partition coefficient (Wildman–Crippen LogP) is 19.0. The molecular formula is C53H106N2. The molecule has 1 aliphatic heterocycles. The van der Waals surface area contributed by atoms with Crippen molar-refractivity contribution in [2.24, 2.45) is 0 Å². The lowest BCUT2D eigenvalue weighted by atomic mass is 10.0. The van der Waals surface area contributed by atoms with Gasteiger partial charge in [-0.25, -0.2) is 0 Å². The molecule has 0 aromatic rings. The quantitative estimate of drug-likeness (QED) is 0.0569. The maximum atomic E-state index is 2.75. The minimum absolute atomic E-state index is 0.635. The highest BCUT2D eigenvalue weighted by Crippen LogP contribution is 2.24. The molecule has 1 heterocycles. The van der Waals surface area contributed by atoms with Gasteiger partial charge in [0.2, 0.25) is 0 Å². The van der Waals surface area contributed by atoms with Crippen LogP contribution in [0.4, 0.5) is 0 Å². The molecule has 1 atom stereocenters. The van der Waals surface area contributed by atoms with Crippen molar-refractivity contribution < 1.29 is 0 Å². The first-order valence-electron chi connectivity index (χ1n) is 26.5. The van der Waals surface area contributed by atoms with E-state index in [0.29, 0.717) is 6.17 Å². The Hall–Kier alpha value is -0.660. The van der Waals surface area contributed by atoms with E-state index in [2.05, 4.69) is 43.0 Å². The molecule has 0 radical (unpaired) electrons. The smallest absolute Gasteiger partial charge is 0.101 e. The molecule has 0 N–H and O–H groups in total. The lowest BCUT2D eigenvalue weighted by Gasteiger charge is -2.33. The second kappa shape index (κ2) is 44.4. The first kappa shape index (κ1) is 52.4. The van der Waals surface area contributed by atoms with Crippen molar-refractivity contribution in [2.45, 2.75) is 316 Å². The molecule has 328 valence electrons. The van der Waals surface area contributed by atoms with Gasteiger partial charge in [0.1, 0.15) is 6.17 Å². The molecule has 0 saturated carbocycles.